The molecule has 2 N–H and O–H groups in total. The highest BCUT2D eigenvalue weighted by atomic mass is 35.5. The monoisotopic (exact) mass is 420 g/mol. The highest BCUT2D eigenvalue weighted by molar-refractivity contribution is 7.92. The standard InChI is InChI=1S/C17H16ClF3N2O3S/c1-2-8-22-16(24)14-10-13(6-7-15(14)18)27(25,26)23-12-5-3-4-11(9-12)17(19,20)21/h3-7,9-10,23H,2,8H2,1H3,(H,22,24). The SMILES string of the molecule is CCCNC(=O)c1cc(S(=O)(=O)Nc2cccc(C(F)(F)F)c2)ccc1Cl. The third kappa shape index (κ3) is 5.36. The number of alkyl halides is 3. The van der Waals surface area contributed by atoms with Gasteiger partial charge in [-0.25, -0.2) is 8.42 Å². The zero-order chi connectivity index (χ0) is 20.2. The van der Waals surface area contributed by atoms with Crippen molar-refractivity contribution >= 4 is 33.2 Å². The van der Waals surface area contributed by atoms with E-state index in [2.05, 4.69) is 10.0 Å². The first kappa shape index (κ1) is 21.0. The van der Waals surface area contributed by atoms with Crippen molar-refractivity contribution in [1.29, 1.82) is 0 Å². The van der Waals surface area contributed by atoms with Gasteiger partial charge in [0.05, 0.1) is 21.0 Å². The van der Waals surface area contributed by atoms with Crippen molar-refractivity contribution in [1.82, 2.24) is 5.32 Å². The molecule has 27 heavy (non-hydrogen) atoms. The molecule has 5 nitrogen and oxygen atoms in total. The van der Waals surface area contributed by atoms with Gasteiger partial charge in [-0.1, -0.05) is 24.6 Å². The highest BCUT2D eigenvalue weighted by Crippen LogP contribution is 2.31. The van der Waals surface area contributed by atoms with Gasteiger partial charge in [-0.15, -0.1) is 0 Å². The van der Waals surface area contributed by atoms with Crippen LogP contribution < -0.4 is 10.0 Å². The van der Waals surface area contributed by atoms with Gasteiger partial charge in [0.15, 0.2) is 0 Å². The Labute approximate surface area is 159 Å². The summed E-state index contributed by atoms with van der Waals surface area (Å²) in [4.78, 5) is 11.8. The molecule has 10 heteroatoms. The average Bonchev–Trinajstić information content (AvgIpc) is 2.59. The Morgan fingerprint density at radius 3 is 2.48 bits per heavy atom. The molecule has 0 aliphatic carbocycles. The predicted molar refractivity (Wildman–Crippen MR) is 96.3 cm³/mol. The zero-order valence-corrected chi connectivity index (χ0v) is 15.7. The number of hydrogen-bond acceptors (Lipinski definition) is 3. The number of hydrogen-bond donors (Lipinski definition) is 2. The maximum absolute atomic E-state index is 12.8. The number of sulfonamides is 1. The van der Waals surface area contributed by atoms with Crippen LogP contribution in [0.2, 0.25) is 5.02 Å². The summed E-state index contributed by atoms with van der Waals surface area (Å²) in [5, 5.41) is 2.64. The molecule has 0 spiro atoms. The highest BCUT2D eigenvalue weighted by Gasteiger charge is 2.30. The van der Waals surface area contributed by atoms with Crippen LogP contribution in [0.5, 0.6) is 0 Å². The molecule has 0 saturated heterocycles. The fourth-order valence-corrected chi connectivity index (χ4v) is 3.43. The first-order valence-electron chi connectivity index (χ1n) is 7.82. The van der Waals surface area contributed by atoms with Crippen LogP contribution >= 0.6 is 11.6 Å². The van der Waals surface area contributed by atoms with Gasteiger partial charge in [0.25, 0.3) is 15.9 Å². The molecule has 0 aliphatic heterocycles. The number of benzene rings is 2. The fraction of sp³-hybridized carbons (Fsp3) is 0.235. The molecular formula is C17H16ClF3N2O3S. The van der Waals surface area contributed by atoms with Crippen LogP contribution in [0.1, 0.15) is 29.3 Å². The summed E-state index contributed by atoms with van der Waals surface area (Å²) in [5.74, 6) is -0.544. The molecular weight excluding hydrogens is 405 g/mol. The summed E-state index contributed by atoms with van der Waals surface area (Å²) in [6, 6.07) is 7.27. The summed E-state index contributed by atoms with van der Waals surface area (Å²) < 4.78 is 65.4. The van der Waals surface area contributed by atoms with Gasteiger partial charge in [-0.3, -0.25) is 9.52 Å². The van der Waals surface area contributed by atoms with Crippen molar-refractivity contribution in [2.24, 2.45) is 0 Å². The number of anilines is 1. The van der Waals surface area contributed by atoms with Crippen molar-refractivity contribution in [3.8, 4) is 0 Å². The van der Waals surface area contributed by atoms with Crippen LogP contribution in [0.15, 0.2) is 47.4 Å². The molecule has 0 saturated carbocycles. The fourth-order valence-electron chi connectivity index (χ4n) is 2.15. The summed E-state index contributed by atoms with van der Waals surface area (Å²) >= 11 is 5.95. The van der Waals surface area contributed by atoms with E-state index in [9.17, 15) is 26.4 Å². The van der Waals surface area contributed by atoms with Gasteiger partial charge in [0, 0.05) is 12.2 Å². The molecule has 0 heterocycles. The molecule has 0 fully saturated rings. The van der Waals surface area contributed by atoms with Crippen LogP contribution in [-0.2, 0) is 16.2 Å². The lowest BCUT2D eigenvalue weighted by Crippen LogP contribution is -2.24. The van der Waals surface area contributed by atoms with Crippen molar-refractivity contribution in [2.75, 3.05) is 11.3 Å². The predicted octanol–water partition coefficient (Wildman–Crippen LogP) is 4.30. The lowest BCUT2D eigenvalue weighted by atomic mass is 10.2. The normalized spacial score (nSPS) is 11.9. The third-order valence-corrected chi connectivity index (χ3v) is 5.18. The topological polar surface area (TPSA) is 75.3 Å². The lowest BCUT2D eigenvalue weighted by molar-refractivity contribution is -0.137. The van der Waals surface area contributed by atoms with E-state index < -0.39 is 27.7 Å². The van der Waals surface area contributed by atoms with E-state index in [1.807, 2.05) is 6.92 Å². The molecule has 0 bridgehead atoms. The van der Waals surface area contributed by atoms with E-state index in [1.165, 1.54) is 12.1 Å². The molecule has 0 atom stereocenters. The minimum Gasteiger partial charge on any atom is -0.352 e. The smallest absolute Gasteiger partial charge is 0.352 e. The maximum atomic E-state index is 12.8. The Hall–Kier alpha value is -2.26. The second kappa shape index (κ2) is 8.18. The number of amides is 1. The van der Waals surface area contributed by atoms with E-state index in [-0.39, 0.29) is 21.2 Å². The van der Waals surface area contributed by atoms with Gasteiger partial charge < -0.3 is 5.32 Å². The molecule has 146 valence electrons. The van der Waals surface area contributed by atoms with Gasteiger partial charge in [-0.05, 0) is 42.8 Å². The van der Waals surface area contributed by atoms with E-state index in [1.54, 1.807) is 0 Å². The van der Waals surface area contributed by atoms with Crippen molar-refractivity contribution in [2.45, 2.75) is 24.4 Å². The van der Waals surface area contributed by atoms with Gasteiger partial charge in [0.2, 0.25) is 0 Å². The Morgan fingerprint density at radius 1 is 1.15 bits per heavy atom. The summed E-state index contributed by atoms with van der Waals surface area (Å²) in [5.41, 5.74) is -1.28. The van der Waals surface area contributed by atoms with Crippen molar-refractivity contribution in [3.05, 3.63) is 58.6 Å². The average molecular weight is 421 g/mol. The minimum atomic E-state index is -4.60. The quantitative estimate of drug-likeness (QED) is 0.731. The summed E-state index contributed by atoms with van der Waals surface area (Å²) in [6.07, 6.45) is -3.93. The van der Waals surface area contributed by atoms with E-state index >= 15 is 0 Å². The number of nitrogens with one attached hydrogen (secondary N) is 2. The maximum Gasteiger partial charge on any atom is 0.416 e. The van der Waals surface area contributed by atoms with Gasteiger partial charge in [0.1, 0.15) is 0 Å². The minimum absolute atomic E-state index is 0.0444. The van der Waals surface area contributed by atoms with E-state index in [0.717, 1.165) is 24.3 Å². The van der Waals surface area contributed by atoms with Crippen molar-refractivity contribution < 1.29 is 26.4 Å². The number of rotatable bonds is 6. The molecule has 2 aromatic rings. The molecule has 0 aromatic heterocycles. The summed E-state index contributed by atoms with van der Waals surface area (Å²) in [6.45, 7) is 2.23. The molecule has 2 rings (SSSR count). The van der Waals surface area contributed by atoms with Crippen LogP contribution in [0.3, 0.4) is 0 Å². The largest absolute Gasteiger partial charge is 0.416 e. The first-order valence-corrected chi connectivity index (χ1v) is 9.68. The van der Waals surface area contributed by atoms with Gasteiger partial charge in [-0.2, -0.15) is 13.2 Å². The molecule has 1 amide bonds. The number of carbonyl (C=O) groups excluding carboxylic acids is 1. The lowest BCUT2D eigenvalue weighted by Gasteiger charge is -2.12. The summed E-state index contributed by atoms with van der Waals surface area (Å²) in [7, 11) is -4.22. The number of carbonyl (C=O) groups is 1. The molecule has 0 aliphatic rings. The van der Waals surface area contributed by atoms with Gasteiger partial charge >= 0.3 is 6.18 Å². The second-order valence-corrected chi connectivity index (χ2v) is 7.67. The Kier molecular flexibility index (Phi) is 6.38. The van der Waals surface area contributed by atoms with Crippen LogP contribution in [0.25, 0.3) is 0 Å². The number of halogens is 4. The molecule has 2 aromatic carbocycles. The van der Waals surface area contributed by atoms with E-state index in [4.69, 9.17) is 11.6 Å². The Balaban J connectivity index is 2.33. The third-order valence-electron chi connectivity index (χ3n) is 3.47. The van der Waals surface area contributed by atoms with E-state index in [0.29, 0.717) is 19.0 Å². The van der Waals surface area contributed by atoms with Crippen molar-refractivity contribution in [3.63, 3.8) is 0 Å². The molecule has 0 radical (unpaired) electrons. The van der Waals surface area contributed by atoms with Crippen LogP contribution in [-0.4, -0.2) is 20.9 Å². The molecule has 0 unspecified atom stereocenters. The van der Waals surface area contributed by atoms with Crippen LogP contribution in [0, 0.1) is 0 Å². The zero-order valence-electron chi connectivity index (χ0n) is 14.1. The Bertz CT molecular complexity index is 947. The first-order chi connectivity index (χ1) is 12.5. The Morgan fingerprint density at radius 2 is 1.85 bits per heavy atom. The van der Waals surface area contributed by atoms with Crippen LogP contribution in [0.4, 0.5) is 18.9 Å². The second-order valence-electron chi connectivity index (χ2n) is 5.58.